The normalized spacial score (nSPS) is 16.2. The topological polar surface area (TPSA) is 61.8 Å². The molecule has 0 aromatic carbocycles. The first-order valence-corrected chi connectivity index (χ1v) is 6.75. The van der Waals surface area contributed by atoms with Crippen molar-refractivity contribution in [3.05, 3.63) is 23.5 Å². The maximum atomic E-state index is 12.5. The molecule has 1 unspecified atom stereocenters. The lowest BCUT2D eigenvalue weighted by Crippen LogP contribution is -2.41. The van der Waals surface area contributed by atoms with Crippen LogP contribution in [-0.2, 0) is 9.59 Å². The summed E-state index contributed by atoms with van der Waals surface area (Å²) >= 11 is 0. The highest BCUT2D eigenvalue weighted by molar-refractivity contribution is 5.99. The molecule has 110 valence electrons. The van der Waals surface area contributed by atoms with E-state index in [-0.39, 0.29) is 11.9 Å². The fourth-order valence-corrected chi connectivity index (χ4v) is 2.25. The molecule has 0 radical (unpaired) electrons. The molecule has 1 heterocycles. The van der Waals surface area contributed by atoms with E-state index in [9.17, 15) is 9.59 Å². The van der Waals surface area contributed by atoms with Crippen LogP contribution in [0.25, 0.3) is 0 Å². The van der Waals surface area contributed by atoms with Gasteiger partial charge in [-0.15, -0.1) is 0 Å². The molecule has 0 aromatic rings. The van der Waals surface area contributed by atoms with Crippen LogP contribution in [0.15, 0.2) is 28.5 Å². The zero-order valence-electron chi connectivity index (χ0n) is 12.7. The van der Waals surface area contributed by atoms with Crippen molar-refractivity contribution in [1.29, 1.82) is 0 Å². The van der Waals surface area contributed by atoms with Gasteiger partial charge in [-0.3, -0.25) is 9.79 Å². The van der Waals surface area contributed by atoms with Gasteiger partial charge < -0.3 is 15.0 Å². The Balaban J connectivity index is 2.97. The molecule has 0 fully saturated rings. The lowest BCUT2D eigenvalue weighted by atomic mass is 10.1. The van der Waals surface area contributed by atoms with E-state index in [0.717, 1.165) is 23.3 Å². The maximum absolute atomic E-state index is 12.5. The molecule has 0 bridgehead atoms. The van der Waals surface area contributed by atoms with Gasteiger partial charge in [0.1, 0.15) is 12.0 Å². The van der Waals surface area contributed by atoms with E-state index in [2.05, 4.69) is 16.9 Å². The Bertz CT molecular complexity index is 474. The van der Waals surface area contributed by atoms with Crippen LogP contribution in [0, 0.1) is 0 Å². The summed E-state index contributed by atoms with van der Waals surface area (Å²) < 4.78 is 0. The summed E-state index contributed by atoms with van der Waals surface area (Å²) in [6.07, 6.45) is 1.84. The van der Waals surface area contributed by atoms with Crippen LogP contribution in [0.4, 0.5) is 0 Å². The molecule has 1 atom stereocenters. The number of hydrogen-bond donors (Lipinski definition) is 1. The van der Waals surface area contributed by atoms with Crippen molar-refractivity contribution in [2.24, 2.45) is 4.99 Å². The first-order valence-electron chi connectivity index (χ1n) is 6.75. The Morgan fingerprint density at radius 3 is 2.70 bits per heavy atom. The molecule has 1 amide bonds. The van der Waals surface area contributed by atoms with E-state index in [1.165, 1.54) is 0 Å². The van der Waals surface area contributed by atoms with Gasteiger partial charge in [-0.25, -0.2) is 0 Å². The van der Waals surface area contributed by atoms with Crippen LogP contribution < -0.4 is 5.32 Å². The first-order chi connectivity index (χ1) is 9.42. The zero-order chi connectivity index (χ0) is 15.3. The van der Waals surface area contributed by atoms with E-state index in [1.54, 1.807) is 11.9 Å². The van der Waals surface area contributed by atoms with Crippen molar-refractivity contribution in [2.75, 3.05) is 13.6 Å². The van der Waals surface area contributed by atoms with Crippen molar-refractivity contribution < 1.29 is 9.59 Å². The van der Waals surface area contributed by atoms with Gasteiger partial charge in [-0.2, -0.15) is 0 Å². The maximum Gasteiger partial charge on any atom is 0.273 e. The van der Waals surface area contributed by atoms with Crippen LogP contribution in [-0.4, -0.2) is 42.4 Å². The summed E-state index contributed by atoms with van der Waals surface area (Å²) in [7, 11) is 1.77. The predicted molar refractivity (Wildman–Crippen MR) is 80.5 cm³/mol. The average molecular weight is 277 g/mol. The molecule has 5 heteroatoms. The molecule has 5 nitrogen and oxygen atoms in total. The molecular formula is C15H23N3O2. The number of carbonyl (C=O) groups is 2. The second-order valence-corrected chi connectivity index (χ2v) is 5.16. The number of rotatable bonds is 7. The van der Waals surface area contributed by atoms with Crippen LogP contribution in [0.2, 0.25) is 0 Å². The highest BCUT2D eigenvalue weighted by Crippen LogP contribution is 2.26. The number of amides is 1. The third-order valence-electron chi connectivity index (χ3n) is 3.27. The summed E-state index contributed by atoms with van der Waals surface area (Å²) in [6, 6.07) is -0.183. The number of aliphatic imine (C=N–C) groups is 1. The highest BCUT2D eigenvalue weighted by atomic mass is 16.2. The van der Waals surface area contributed by atoms with Crippen molar-refractivity contribution >= 4 is 17.9 Å². The van der Waals surface area contributed by atoms with Crippen LogP contribution in [0.3, 0.4) is 0 Å². The lowest BCUT2D eigenvalue weighted by molar-refractivity contribution is -0.127. The molecule has 0 saturated heterocycles. The zero-order valence-corrected chi connectivity index (χ0v) is 12.7. The second kappa shape index (κ2) is 7.03. The fourth-order valence-electron chi connectivity index (χ4n) is 2.25. The monoisotopic (exact) mass is 277 g/mol. The number of nitrogens with one attached hydrogen (secondary N) is 1. The van der Waals surface area contributed by atoms with E-state index < -0.39 is 0 Å². The molecule has 0 aliphatic carbocycles. The minimum atomic E-state index is -0.183. The van der Waals surface area contributed by atoms with Crippen LogP contribution in [0.5, 0.6) is 0 Å². The quantitative estimate of drug-likeness (QED) is 0.568. The Kier molecular flexibility index (Phi) is 5.67. The molecule has 1 aliphatic rings. The third-order valence-corrected chi connectivity index (χ3v) is 3.27. The Morgan fingerprint density at radius 1 is 1.55 bits per heavy atom. The van der Waals surface area contributed by atoms with Gasteiger partial charge in [-0.1, -0.05) is 6.58 Å². The lowest BCUT2D eigenvalue weighted by Gasteiger charge is -2.29. The van der Waals surface area contributed by atoms with Crippen molar-refractivity contribution in [2.45, 2.75) is 39.7 Å². The predicted octanol–water partition coefficient (Wildman–Crippen LogP) is 1.66. The third kappa shape index (κ3) is 3.56. The van der Waals surface area contributed by atoms with E-state index in [4.69, 9.17) is 0 Å². The molecule has 20 heavy (non-hydrogen) atoms. The number of hydrogen-bond acceptors (Lipinski definition) is 4. The molecule has 0 aromatic heterocycles. The number of aldehydes is 1. The standard InChI is InChI=1S/C15H23N3O2/c1-10(2)17-14-11(3)9-18(15(14)20)13(7-6-8-19)12(4)16-5/h8,13,16H,4,6-7,9H2,1-3,5H3. The summed E-state index contributed by atoms with van der Waals surface area (Å²) in [5.41, 5.74) is 3.07. The van der Waals surface area contributed by atoms with Gasteiger partial charge in [-0.05, 0) is 32.8 Å². The molecule has 0 spiro atoms. The molecule has 1 aliphatic heterocycles. The molecule has 1 rings (SSSR count). The van der Waals surface area contributed by atoms with Crippen molar-refractivity contribution in [3.8, 4) is 0 Å². The second-order valence-electron chi connectivity index (χ2n) is 5.16. The highest BCUT2D eigenvalue weighted by Gasteiger charge is 2.34. The summed E-state index contributed by atoms with van der Waals surface area (Å²) in [4.78, 5) is 29.1. The summed E-state index contributed by atoms with van der Waals surface area (Å²) in [5.74, 6) is -0.0870. The van der Waals surface area contributed by atoms with Gasteiger partial charge in [0.25, 0.3) is 5.91 Å². The SMILES string of the molecule is C=C(NC)C(CCC=O)N1CC(C)=C(N=C(C)C)C1=O. The van der Waals surface area contributed by atoms with E-state index in [0.29, 0.717) is 25.1 Å². The minimum Gasteiger partial charge on any atom is -0.390 e. The summed E-state index contributed by atoms with van der Waals surface area (Å²) in [6.45, 7) is 10.1. The largest absolute Gasteiger partial charge is 0.390 e. The van der Waals surface area contributed by atoms with Crippen molar-refractivity contribution in [1.82, 2.24) is 10.2 Å². The van der Waals surface area contributed by atoms with Gasteiger partial charge in [0.05, 0.1) is 6.04 Å². The van der Waals surface area contributed by atoms with Gasteiger partial charge in [0, 0.05) is 31.4 Å². The Morgan fingerprint density at radius 2 is 2.20 bits per heavy atom. The molecule has 1 N–H and O–H groups in total. The smallest absolute Gasteiger partial charge is 0.273 e. The van der Waals surface area contributed by atoms with Gasteiger partial charge in [0.15, 0.2) is 0 Å². The first kappa shape index (κ1) is 16.1. The molecular weight excluding hydrogens is 254 g/mol. The Hall–Kier alpha value is -1.91. The van der Waals surface area contributed by atoms with E-state index in [1.807, 2.05) is 20.8 Å². The van der Waals surface area contributed by atoms with Crippen LogP contribution >= 0.6 is 0 Å². The number of likely N-dealkylation sites (N-methyl/N-ethyl adjacent to an activating group) is 1. The molecule has 0 saturated carbocycles. The fraction of sp³-hybridized carbons (Fsp3) is 0.533. The average Bonchev–Trinajstić information content (AvgIpc) is 2.66. The van der Waals surface area contributed by atoms with E-state index >= 15 is 0 Å². The van der Waals surface area contributed by atoms with Crippen LogP contribution in [0.1, 0.15) is 33.6 Å². The summed E-state index contributed by atoms with van der Waals surface area (Å²) in [5, 5.41) is 2.98. The number of nitrogens with zero attached hydrogens (tertiary/aromatic N) is 2. The Labute approximate surface area is 120 Å². The van der Waals surface area contributed by atoms with Gasteiger partial charge in [0.2, 0.25) is 0 Å². The number of carbonyl (C=O) groups excluding carboxylic acids is 2. The minimum absolute atomic E-state index is 0.0870. The van der Waals surface area contributed by atoms with Gasteiger partial charge >= 0.3 is 0 Å². The van der Waals surface area contributed by atoms with Crippen molar-refractivity contribution in [3.63, 3.8) is 0 Å².